The number of anilines is 2. The van der Waals surface area contributed by atoms with Crippen molar-refractivity contribution in [3.8, 4) is 0 Å². The number of ether oxygens (including phenoxy) is 2. The fraction of sp³-hybridized carbons (Fsp3) is 0.600. The standard InChI is InChI=1S/C25H34N10O12P2.2B/c1-9(2)3-4-27-25-31-19-13(21(39)33-25)29-8-35(19)23-15(37)17-11(45-23)6-43-48(40)46-16-10(5-42-49(41)47-17)44-22(14(16)36)34-7-28-12-18(34)30-24(26)32-20(12)38;;/h7-11,14-17,22-23,36-37,40-41H,3-6H2,1-2H3,(H3,26,30,32,38)(H2,27,31,33,39);;/t10-,11+,14-,15+,16-,17+,22-,23+,48?,49?;;/m0../s1. The van der Waals surface area contributed by atoms with Gasteiger partial charge >= 0.3 is 17.2 Å². The van der Waals surface area contributed by atoms with Gasteiger partial charge in [-0.25, -0.2) is 9.97 Å². The van der Waals surface area contributed by atoms with Gasteiger partial charge in [0.15, 0.2) is 34.8 Å². The number of nitrogens with one attached hydrogen (secondary N) is 3. The number of nitrogen functional groups attached to an aromatic ring is 1. The van der Waals surface area contributed by atoms with E-state index in [9.17, 15) is 29.6 Å². The van der Waals surface area contributed by atoms with E-state index in [-0.39, 0.29) is 51.1 Å². The lowest BCUT2D eigenvalue weighted by atomic mass is 10.1. The molecule has 7 rings (SSSR count). The Kier molecular flexibility index (Phi) is 12.2. The number of aromatic amines is 2. The molecule has 3 aliphatic rings. The van der Waals surface area contributed by atoms with Gasteiger partial charge in [-0.3, -0.25) is 28.7 Å². The van der Waals surface area contributed by atoms with Gasteiger partial charge in [-0.2, -0.15) is 9.97 Å². The molecule has 3 aliphatic heterocycles. The van der Waals surface area contributed by atoms with Crippen molar-refractivity contribution in [1.82, 2.24) is 39.0 Å². The Morgan fingerprint density at radius 1 is 0.882 bits per heavy atom. The maximum Gasteiger partial charge on any atom is 0.330 e. The van der Waals surface area contributed by atoms with Crippen LogP contribution >= 0.6 is 17.2 Å². The molecule has 272 valence electrons. The van der Waals surface area contributed by atoms with Crippen molar-refractivity contribution in [3.63, 3.8) is 0 Å². The van der Waals surface area contributed by atoms with Crippen molar-refractivity contribution in [3.05, 3.63) is 33.4 Å². The van der Waals surface area contributed by atoms with Crippen molar-refractivity contribution in [2.24, 2.45) is 5.92 Å². The molecule has 0 saturated carbocycles. The van der Waals surface area contributed by atoms with Crippen LogP contribution in [0.4, 0.5) is 11.9 Å². The highest BCUT2D eigenvalue weighted by molar-refractivity contribution is 7.40. The Hall–Kier alpha value is -3.11. The molecule has 6 radical (unpaired) electrons. The van der Waals surface area contributed by atoms with Gasteiger partial charge in [-0.05, 0) is 12.3 Å². The van der Waals surface area contributed by atoms with Gasteiger partial charge in [0.2, 0.25) is 11.9 Å². The van der Waals surface area contributed by atoms with Crippen LogP contribution in [-0.4, -0.2) is 132 Å². The summed E-state index contributed by atoms with van der Waals surface area (Å²) in [5, 5.41) is 25.7. The lowest BCUT2D eigenvalue weighted by Gasteiger charge is -2.27. The zero-order valence-corrected chi connectivity index (χ0v) is 28.8. The number of aliphatic hydroxyl groups excluding tert-OH is 2. The summed E-state index contributed by atoms with van der Waals surface area (Å²) in [6, 6.07) is 0. The van der Waals surface area contributed by atoms with Gasteiger partial charge in [-0.15, -0.1) is 0 Å². The Labute approximate surface area is 294 Å². The summed E-state index contributed by atoms with van der Waals surface area (Å²) < 4.78 is 37.2. The highest BCUT2D eigenvalue weighted by Crippen LogP contribution is 2.47. The minimum absolute atomic E-state index is 0. The zero-order chi connectivity index (χ0) is 34.6. The lowest BCUT2D eigenvalue weighted by molar-refractivity contribution is -0.0587. The fourth-order valence-corrected chi connectivity index (χ4v) is 7.38. The second-order valence-corrected chi connectivity index (χ2v) is 13.8. The Morgan fingerprint density at radius 3 is 1.88 bits per heavy atom. The predicted molar refractivity (Wildman–Crippen MR) is 180 cm³/mol. The Bertz CT molecular complexity index is 1930. The Balaban J connectivity index is 0.00000252. The summed E-state index contributed by atoms with van der Waals surface area (Å²) in [6.45, 7) is 3.88. The van der Waals surface area contributed by atoms with Crippen LogP contribution in [0.25, 0.3) is 22.3 Å². The predicted octanol–water partition coefficient (Wildman–Crippen LogP) is -1.70. The maximum atomic E-state index is 12.7. The third kappa shape index (κ3) is 7.68. The molecule has 0 spiro atoms. The number of nitrogens with two attached hydrogens (primary N) is 1. The van der Waals surface area contributed by atoms with Crippen molar-refractivity contribution in [2.75, 3.05) is 30.8 Å². The number of aliphatic hydroxyl groups is 2. The smallest absolute Gasteiger partial charge is 0.330 e. The average Bonchev–Trinajstić information content (AvgIpc) is 3.80. The number of fused-ring (bicyclic) bond motifs is 4. The molecule has 26 heteroatoms. The molecule has 3 saturated heterocycles. The van der Waals surface area contributed by atoms with Crippen molar-refractivity contribution in [2.45, 2.75) is 69.3 Å². The molecule has 22 nitrogen and oxygen atoms in total. The summed E-state index contributed by atoms with van der Waals surface area (Å²) in [7, 11) is -5.38. The van der Waals surface area contributed by atoms with E-state index in [0.29, 0.717) is 12.5 Å². The van der Waals surface area contributed by atoms with E-state index in [0.717, 1.165) is 6.42 Å². The van der Waals surface area contributed by atoms with Crippen LogP contribution in [0.2, 0.25) is 0 Å². The van der Waals surface area contributed by atoms with Crippen LogP contribution < -0.4 is 22.2 Å². The number of imidazole rings is 2. The van der Waals surface area contributed by atoms with E-state index in [1.807, 2.05) is 0 Å². The SMILES string of the molecule is CC(C)CCNc1nc2c(ncn2[C@@H]2O[C@@H]3COP(O)O[C@@H]4[C@H](O)[C@@H](n5cnc6c(=O)[nH]c(N)nc65)O[C@H]4COP(O)O[C@H]3[C@H]2O)c(=O)[nH]1.[B].[B]. The number of H-pyrrole nitrogens is 2. The van der Waals surface area contributed by atoms with Crippen LogP contribution in [0.3, 0.4) is 0 Å². The van der Waals surface area contributed by atoms with Gasteiger partial charge < -0.3 is 58.6 Å². The second-order valence-electron chi connectivity index (χ2n) is 11.9. The molecule has 9 N–H and O–H groups in total. The van der Waals surface area contributed by atoms with Crippen LogP contribution in [0, 0.1) is 5.92 Å². The molecular formula is C25H34B2N10O12P2. The molecule has 7 heterocycles. The van der Waals surface area contributed by atoms with E-state index < -0.39 is 90.6 Å². The zero-order valence-electron chi connectivity index (χ0n) is 27.0. The number of aromatic nitrogens is 8. The Morgan fingerprint density at radius 2 is 1.37 bits per heavy atom. The molecule has 3 fully saturated rings. The highest BCUT2D eigenvalue weighted by Gasteiger charge is 2.51. The molecule has 0 aliphatic carbocycles. The second kappa shape index (κ2) is 15.9. The first-order valence-corrected chi connectivity index (χ1v) is 17.4. The van der Waals surface area contributed by atoms with Gasteiger partial charge in [0.25, 0.3) is 11.1 Å². The molecule has 4 aromatic rings. The first-order chi connectivity index (χ1) is 23.5. The fourth-order valence-electron chi connectivity index (χ4n) is 5.78. The monoisotopic (exact) mass is 750 g/mol. The molecule has 10 atom stereocenters. The van der Waals surface area contributed by atoms with E-state index >= 15 is 0 Å². The van der Waals surface area contributed by atoms with Gasteiger partial charge in [0.05, 0.1) is 25.9 Å². The molecular weight excluding hydrogens is 716 g/mol. The third-order valence-electron chi connectivity index (χ3n) is 8.19. The number of hydrogen-bond acceptors (Lipinski definition) is 18. The van der Waals surface area contributed by atoms with Crippen LogP contribution in [-0.2, 0) is 27.6 Å². The van der Waals surface area contributed by atoms with E-state index in [1.54, 1.807) is 0 Å². The molecule has 51 heavy (non-hydrogen) atoms. The average molecular weight is 750 g/mol. The maximum absolute atomic E-state index is 12.7. The highest BCUT2D eigenvalue weighted by atomic mass is 31.2. The molecule has 0 aromatic carbocycles. The molecule has 0 amide bonds. The quantitative estimate of drug-likeness (QED) is 0.0805. The van der Waals surface area contributed by atoms with Crippen LogP contribution in [0.5, 0.6) is 0 Å². The number of hydrogen-bond donors (Lipinski definition) is 8. The first kappa shape index (κ1) is 39.1. The summed E-state index contributed by atoms with van der Waals surface area (Å²) in [5.74, 6) is 0.447. The lowest BCUT2D eigenvalue weighted by Crippen LogP contribution is -2.38. The minimum Gasteiger partial charge on any atom is -0.386 e. The topological polar surface area (TPSA) is 301 Å². The largest absolute Gasteiger partial charge is 0.386 e. The third-order valence-corrected chi connectivity index (χ3v) is 9.77. The van der Waals surface area contributed by atoms with Crippen LogP contribution in [0.1, 0.15) is 32.7 Å². The van der Waals surface area contributed by atoms with Crippen molar-refractivity contribution >= 4 is 68.3 Å². The van der Waals surface area contributed by atoms with Gasteiger partial charge in [0.1, 0.15) is 36.6 Å². The first-order valence-electron chi connectivity index (χ1n) is 15.2. The van der Waals surface area contributed by atoms with Crippen molar-refractivity contribution < 1.29 is 47.6 Å². The van der Waals surface area contributed by atoms with Gasteiger partial charge in [0, 0.05) is 23.4 Å². The summed E-state index contributed by atoms with van der Waals surface area (Å²) in [6.07, 6.45) is -6.72. The number of nitrogens with zero attached hydrogens (tertiary/aromatic N) is 6. The summed E-state index contributed by atoms with van der Waals surface area (Å²) in [4.78, 5) is 68.2. The molecule has 2 unspecified atom stereocenters. The van der Waals surface area contributed by atoms with Crippen LogP contribution in [0.15, 0.2) is 22.2 Å². The summed E-state index contributed by atoms with van der Waals surface area (Å²) >= 11 is 0. The summed E-state index contributed by atoms with van der Waals surface area (Å²) in [5.41, 5.74) is 4.69. The van der Waals surface area contributed by atoms with Gasteiger partial charge in [-0.1, -0.05) is 13.8 Å². The minimum atomic E-state index is -2.69. The van der Waals surface area contributed by atoms with E-state index in [4.69, 9.17) is 33.3 Å². The van der Waals surface area contributed by atoms with Crippen molar-refractivity contribution in [1.29, 1.82) is 0 Å². The van der Waals surface area contributed by atoms with E-state index in [2.05, 4.69) is 49.1 Å². The molecule has 4 aromatic heterocycles. The molecule has 0 bridgehead atoms. The normalized spacial score (nSPS) is 31.4. The van der Waals surface area contributed by atoms with E-state index in [1.165, 1.54) is 21.8 Å². The number of rotatable bonds is 6.